The van der Waals surface area contributed by atoms with Crippen LogP contribution in [0.2, 0.25) is 5.02 Å². The van der Waals surface area contributed by atoms with Crippen molar-refractivity contribution in [3.05, 3.63) is 83.1 Å². The third kappa shape index (κ3) is 5.75. The van der Waals surface area contributed by atoms with Gasteiger partial charge in [-0.2, -0.15) is 5.10 Å². The molecule has 0 unspecified atom stereocenters. The van der Waals surface area contributed by atoms with Gasteiger partial charge in [0, 0.05) is 49.1 Å². The number of ether oxygens (including phenoxy) is 1. The number of hydrogen-bond donors (Lipinski definition) is 0. The Morgan fingerprint density at radius 3 is 2.33 bits per heavy atom. The molecule has 1 fully saturated rings. The van der Waals surface area contributed by atoms with Crippen LogP contribution in [0.25, 0.3) is 22.8 Å². The molecule has 2 aromatic carbocycles. The normalized spacial score (nSPS) is 14.8. The zero-order valence-electron chi connectivity index (χ0n) is 23.8. The largest absolute Gasteiger partial charge is 0.495 e. The van der Waals surface area contributed by atoms with E-state index in [0.29, 0.717) is 46.6 Å². The molecule has 1 aliphatic heterocycles. The van der Waals surface area contributed by atoms with E-state index >= 15 is 0 Å². The Hall–Kier alpha value is -4.57. The summed E-state index contributed by atoms with van der Waals surface area (Å²) >= 11 is 6.45. The average molecular weight is 599 g/mol. The number of aromatic nitrogens is 4. The van der Waals surface area contributed by atoms with Crippen molar-refractivity contribution in [2.45, 2.75) is 44.7 Å². The molecule has 0 radical (unpaired) electrons. The van der Waals surface area contributed by atoms with Crippen LogP contribution in [0.3, 0.4) is 0 Å². The molecule has 4 aromatic rings. The first-order chi connectivity index (χ1) is 20.9. The van der Waals surface area contributed by atoms with Gasteiger partial charge >= 0.3 is 0 Å². The summed E-state index contributed by atoms with van der Waals surface area (Å²) in [4.78, 5) is 51.4. The molecular formula is C32H31ClN6O4. The van der Waals surface area contributed by atoms with E-state index in [1.165, 1.54) is 4.90 Å². The summed E-state index contributed by atoms with van der Waals surface area (Å²) < 4.78 is 7.12. The molecule has 0 N–H and O–H groups in total. The monoisotopic (exact) mass is 598 g/mol. The van der Waals surface area contributed by atoms with Crippen LogP contribution >= 0.6 is 11.6 Å². The van der Waals surface area contributed by atoms with E-state index in [1.54, 1.807) is 60.6 Å². The van der Waals surface area contributed by atoms with Crippen LogP contribution < -0.4 is 4.74 Å². The summed E-state index contributed by atoms with van der Waals surface area (Å²) in [5.74, 6) is 0.911. The van der Waals surface area contributed by atoms with Crippen LogP contribution in [0, 0.1) is 0 Å². The van der Waals surface area contributed by atoms with Gasteiger partial charge in [0.2, 0.25) is 5.91 Å². The second kappa shape index (κ2) is 12.3. The van der Waals surface area contributed by atoms with Crippen molar-refractivity contribution in [3.63, 3.8) is 0 Å². The van der Waals surface area contributed by atoms with E-state index in [9.17, 15) is 14.4 Å². The Balaban J connectivity index is 1.23. The number of nitrogens with zero attached hydrogens (tertiary/aromatic N) is 6. The van der Waals surface area contributed by atoms with Crippen molar-refractivity contribution in [2.75, 3.05) is 20.2 Å². The van der Waals surface area contributed by atoms with Crippen LogP contribution in [0.15, 0.2) is 67.0 Å². The summed E-state index contributed by atoms with van der Waals surface area (Å²) in [5.41, 5.74) is 2.35. The van der Waals surface area contributed by atoms with Crippen molar-refractivity contribution in [1.82, 2.24) is 29.5 Å². The maximum Gasteiger partial charge on any atom is 0.261 e. The number of rotatable bonds is 10. The van der Waals surface area contributed by atoms with Gasteiger partial charge in [0.1, 0.15) is 5.75 Å². The number of halogens is 1. The highest BCUT2D eigenvalue weighted by molar-refractivity contribution is 6.32. The van der Waals surface area contributed by atoms with Gasteiger partial charge in [0.25, 0.3) is 11.8 Å². The van der Waals surface area contributed by atoms with Gasteiger partial charge in [0.15, 0.2) is 11.6 Å². The first kappa shape index (κ1) is 28.5. The molecule has 1 saturated carbocycles. The Morgan fingerprint density at radius 2 is 1.67 bits per heavy atom. The van der Waals surface area contributed by atoms with Crippen molar-refractivity contribution in [1.29, 1.82) is 0 Å². The fraction of sp³-hybridized carbons (Fsp3) is 0.312. The molecule has 43 heavy (non-hydrogen) atoms. The Morgan fingerprint density at radius 1 is 0.977 bits per heavy atom. The molecule has 3 heterocycles. The number of carbonyl (C=O) groups is 3. The molecule has 2 aliphatic rings. The molecule has 10 nitrogen and oxygen atoms in total. The van der Waals surface area contributed by atoms with Crippen LogP contribution in [-0.4, -0.2) is 73.5 Å². The zero-order valence-corrected chi connectivity index (χ0v) is 24.5. The Kier molecular flexibility index (Phi) is 8.20. The first-order valence-electron chi connectivity index (χ1n) is 14.4. The number of amides is 3. The van der Waals surface area contributed by atoms with Crippen LogP contribution in [0.5, 0.6) is 5.75 Å². The molecule has 2 aromatic heterocycles. The van der Waals surface area contributed by atoms with Gasteiger partial charge in [0.05, 0.1) is 29.8 Å². The molecule has 1 aliphatic carbocycles. The molecule has 11 heteroatoms. The summed E-state index contributed by atoms with van der Waals surface area (Å²) in [6.45, 7) is 0.841. The Bertz CT molecular complexity index is 1630. The first-order valence-corrected chi connectivity index (χ1v) is 14.8. The summed E-state index contributed by atoms with van der Waals surface area (Å²) in [6.07, 6.45) is 7.38. The minimum absolute atomic E-state index is 0.0412. The topological polar surface area (TPSA) is 111 Å². The van der Waals surface area contributed by atoms with Crippen LogP contribution in [0.1, 0.15) is 52.8 Å². The second-order valence-electron chi connectivity index (χ2n) is 10.7. The predicted molar refractivity (Wildman–Crippen MR) is 161 cm³/mol. The molecule has 0 atom stereocenters. The third-order valence-corrected chi connectivity index (χ3v) is 8.38. The van der Waals surface area contributed by atoms with Crippen molar-refractivity contribution in [2.24, 2.45) is 0 Å². The smallest absolute Gasteiger partial charge is 0.261 e. The minimum Gasteiger partial charge on any atom is -0.495 e. The molecule has 3 amide bonds. The molecule has 0 saturated heterocycles. The minimum atomic E-state index is -0.352. The number of hydrogen-bond acceptors (Lipinski definition) is 7. The molecule has 6 rings (SSSR count). The van der Waals surface area contributed by atoms with E-state index < -0.39 is 0 Å². The Labute approximate surface area is 254 Å². The van der Waals surface area contributed by atoms with Crippen LogP contribution in [-0.2, 0) is 11.3 Å². The maximum atomic E-state index is 13.7. The highest BCUT2D eigenvalue weighted by Crippen LogP contribution is 2.31. The number of methoxy groups -OCH3 is 1. The SMILES string of the molecule is COc1ccc(-c2nc(-c3ccncc3)nn2CCN(C(=O)CCN2C(=O)c3ccccc3C2=O)C2CCCC2)cc1Cl. The lowest BCUT2D eigenvalue weighted by Gasteiger charge is -2.30. The lowest BCUT2D eigenvalue weighted by molar-refractivity contribution is -0.133. The molecule has 0 spiro atoms. The lowest BCUT2D eigenvalue weighted by atomic mass is 10.1. The second-order valence-corrected chi connectivity index (χ2v) is 11.1. The van der Waals surface area contributed by atoms with Crippen molar-refractivity contribution < 1.29 is 19.1 Å². The molecule has 0 bridgehead atoms. The lowest BCUT2D eigenvalue weighted by Crippen LogP contribution is -2.43. The summed E-state index contributed by atoms with van der Waals surface area (Å²) in [7, 11) is 1.56. The van der Waals surface area contributed by atoms with E-state index in [2.05, 4.69) is 4.98 Å². The average Bonchev–Trinajstić information content (AvgIpc) is 3.77. The van der Waals surface area contributed by atoms with E-state index in [-0.39, 0.29) is 36.7 Å². The summed E-state index contributed by atoms with van der Waals surface area (Å²) in [6, 6.07) is 16.0. The van der Waals surface area contributed by atoms with Gasteiger partial charge in [-0.15, -0.1) is 0 Å². The standard InChI is InChI=1S/C32H31ClN6O4/c1-43-27-11-10-22(20-26(27)33)30-35-29(21-12-15-34-16-13-21)36-39(30)19-18-37(23-6-2-3-7-23)28(40)14-17-38-31(41)24-8-4-5-9-25(24)32(38)42/h4-5,8-13,15-16,20,23H,2-3,6-7,14,17-19H2,1H3. The quantitative estimate of drug-likeness (QED) is 0.233. The number of carbonyl (C=O) groups excluding carboxylic acids is 3. The van der Waals surface area contributed by atoms with Crippen LogP contribution in [0.4, 0.5) is 0 Å². The van der Waals surface area contributed by atoms with Gasteiger partial charge in [-0.05, 0) is 55.3 Å². The number of fused-ring (bicyclic) bond motifs is 1. The van der Waals surface area contributed by atoms with Gasteiger partial charge in [-0.3, -0.25) is 24.3 Å². The molecular weight excluding hydrogens is 568 g/mol. The fourth-order valence-corrected chi connectivity index (χ4v) is 6.12. The number of benzene rings is 2. The number of imide groups is 1. The van der Waals surface area contributed by atoms with E-state index in [0.717, 1.165) is 36.8 Å². The van der Waals surface area contributed by atoms with Crippen molar-refractivity contribution >= 4 is 29.3 Å². The van der Waals surface area contributed by atoms with Gasteiger partial charge in [-0.1, -0.05) is 36.6 Å². The van der Waals surface area contributed by atoms with Crippen molar-refractivity contribution in [3.8, 4) is 28.5 Å². The predicted octanol–water partition coefficient (Wildman–Crippen LogP) is 5.13. The zero-order chi connectivity index (χ0) is 29.9. The third-order valence-electron chi connectivity index (χ3n) is 8.09. The van der Waals surface area contributed by atoms with Gasteiger partial charge < -0.3 is 9.64 Å². The highest BCUT2D eigenvalue weighted by atomic mass is 35.5. The van der Waals surface area contributed by atoms with Gasteiger partial charge in [-0.25, -0.2) is 9.67 Å². The van der Waals surface area contributed by atoms with E-state index in [4.69, 9.17) is 26.4 Å². The molecule has 220 valence electrons. The summed E-state index contributed by atoms with van der Waals surface area (Å²) in [5, 5.41) is 5.26. The van der Waals surface area contributed by atoms with E-state index in [1.807, 2.05) is 23.1 Å². The maximum absolute atomic E-state index is 13.7. The number of pyridine rings is 1. The fourth-order valence-electron chi connectivity index (χ4n) is 5.86. The highest BCUT2D eigenvalue weighted by Gasteiger charge is 2.36.